The zero-order valence-electron chi connectivity index (χ0n) is 11.6. The van der Waals surface area contributed by atoms with Gasteiger partial charge in [0.2, 0.25) is 5.91 Å². The number of carboxylic acid groups (broad SMARTS) is 1. The van der Waals surface area contributed by atoms with Gasteiger partial charge in [0, 0.05) is 10.0 Å². The van der Waals surface area contributed by atoms with Crippen molar-refractivity contribution in [1.82, 2.24) is 10.6 Å². The lowest BCUT2D eigenvalue weighted by atomic mass is 10.1. The molecule has 114 valence electrons. The molecule has 0 saturated carbocycles. The first kappa shape index (κ1) is 17.2. The Morgan fingerprint density at radius 1 is 1.33 bits per heavy atom. The lowest BCUT2D eigenvalue weighted by Gasteiger charge is -2.13. The molecule has 7 heteroatoms. The second-order valence-corrected chi connectivity index (χ2v) is 5.36. The number of carbonyl (C=O) groups is 3. The van der Waals surface area contributed by atoms with Gasteiger partial charge in [0.05, 0.1) is 6.54 Å². The number of halogens is 1. The predicted octanol–water partition coefficient (Wildman–Crippen LogP) is 1.55. The van der Waals surface area contributed by atoms with Crippen LogP contribution in [0.4, 0.5) is 0 Å². The number of benzene rings is 1. The first-order valence-electron chi connectivity index (χ1n) is 6.50. The monoisotopic (exact) mass is 356 g/mol. The molecular formula is C14H17BrN2O4. The first-order chi connectivity index (χ1) is 9.93. The molecule has 1 aromatic rings. The number of hydrogen-bond acceptors (Lipinski definition) is 3. The number of carboxylic acids is 1. The highest BCUT2D eigenvalue weighted by atomic mass is 79.9. The molecule has 1 unspecified atom stereocenters. The van der Waals surface area contributed by atoms with Gasteiger partial charge < -0.3 is 15.7 Å². The van der Waals surface area contributed by atoms with E-state index < -0.39 is 23.8 Å². The molecular weight excluding hydrogens is 340 g/mol. The minimum atomic E-state index is -1.08. The summed E-state index contributed by atoms with van der Waals surface area (Å²) in [5, 5.41) is 13.8. The number of rotatable bonds is 7. The minimum absolute atomic E-state index is 0.265. The van der Waals surface area contributed by atoms with Crippen molar-refractivity contribution in [2.45, 2.75) is 25.8 Å². The van der Waals surface area contributed by atoms with E-state index in [2.05, 4.69) is 26.6 Å². The van der Waals surface area contributed by atoms with Gasteiger partial charge in [0.1, 0.15) is 6.04 Å². The van der Waals surface area contributed by atoms with Gasteiger partial charge in [-0.05, 0) is 24.6 Å². The lowest BCUT2D eigenvalue weighted by molar-refractivity contribution is -0.141. The average Bonchev–Trinajstić information content (AvgIpc) is 2.44. The van der Waals surface area contributed by atoms with Crippen LogP contribution in [0.25, 0.3) is 0 Å². The van der Waals surface area contributed by atoms with E-state index in [1.54, 1.807) is 24.3 Å². The second-order valence-electron chi connectivity index (χ2n) is 4.44. The maximum atomic E-state index is 11.8. The number of aliphatic carboxylic acids is 1. The molecule has 1 rings (SSSR count). The molecule has 1 atom stereocenters. The summed E-state index contributed by atoms with van der Waals surface area (Å²) in [6.45, 7) is 1.57. The minimum Gasteiger partial charge on any atom is -0.480 e. The number of nitrogens with one attached hydrogen (secondary N) is 2. The zero-order chi connectivity index (χ0) is 15.8. The molecule has 0 aromatic heterocycles. The molecule has 0 bridgehead atoms. The van der Waals surface area contributed by atoms with Crippen molar-refractivity contribution in [1.29, 1.82) is 0 Å². The fraction of sp³-hybridized carbons (Fsp3) is 0.357. The van der Waals surface area contributed by atoms with E-state index in [1.165, 1.54) is 0 Å². The third-order valence-corrected chi connectivity index (χ3v) is 3.20. The van der Waals surface area contributed by atoms with Crippen LogP contribution >= 0.6 is 15.9 Å². The van der Waals surface area contributed by atoms with Gasteiger partial charge in [-0.2, -0.15) is 0 Å². The summed E-state index contributed by atoms with van der Waals surface area (Å²) in [7, 11) is 0. The first-order valence-corrected chi connectivity index (χ1v) is 7.29. The van der Waals surface area contributed by atoms with Crippen LogP contribution in [0, 0.1) is 0 Å². The molecule has 0 heterocycles. The Kier molecular flexibility index (Phi) is 6.87. The van der Waals surface area contributed by atoms with Crippen molar-refractivity contribution in [2.75, 3.05) is 6.54 Å². The molecule has 0 spiro atoms. The summed E-state index contributed by atoms with van der Waals surface area (Å²) in [4.78, 5) is 34.4. The van der Waals surface area contributed by atoms with Crippen molar-refractivity contribution < 1.29 is 19.5 Å². The third-order valence-electron chi connectivity index (χ3n) is 2.71. The van der Waals surface area contributed by atoms with Crippen molar-refractivity contribution >= 4 is 33.7 Å². The summed E-state index contributed by atoms with van der Waals surface area (Å²) >= 11 is 3.25. The van der Waals surface area contributed by atoms with E-state index >= 15 is 0 Å². The summed E-state index contributed by atoms with van der Waals surface area (Å²) < 4.78 is 0.758. The van der Waals surface area contributed by atoms with Crippen LogP contribution in [-0.2, 0) is 9.59 Å². The number of carbonyl (C=O) groups excluding carboxylic acids is 2. The quantitative estimate of drug-likeness (QED) is 0.690. The van der Waals surface area contributed by atoms with Crippen molar-refractivity contribution in [3.05, 3.63) is 34.3 Å². The molecule has 0 fully saturated rings. The number of hydrogen-bond donors (Lipinski definition) is 3. The van der Waals surface area contributed by atoms with E-state index in [0.29, 0.717) is 18.4 Å². The lowest BCUT2D eigenvalue weighted by Crippen LogP contribution is -2.45. The summed E-state index contributed by atoms with van der Waals surface area (Å²) in [5.74, 6) is -2.00. The van der Waals surface area contributed by atoms with E-state index in [4.69, 9.17) is 5.11 Å². The number of amides is 2. The Hall–Kier alpha value is -1.89. The van der Waals surface area contributed by atoms with Crippen molar-refractivity contribution in [2.24, 2.45) is 0 Å². The average molecular weight is 357 g/mol. The Bertz CT molecular complexity index is 533. The molecule has 2 amide bonds. The van der Waals surface area contributed by atoms with Gasteiger partial charge in [-0.1, -0.05) is 35.3 Å². The van der Waals surface area contributed by atoms with Crippen LogP contribution in [0.15, 0.2) is 28.7 Å². The van der Waals surface area contributed by atoms with Gasteiger partial charge in [0.15, 0.2) is 0 Å². The van der Waals surface area contributed by atoms with E-state index in [0.717, 1.165) is 4.47 Å². The third kappa shape index (κ3) is 5.95. The van der Waals surface area contributed by atoms with Crippen LogP contribution in [-0.4, -0.2) is 35.5 Å². The highest BCUT2D eigenvalue weighted by molar-refractivity contribution is 9.10. The maximum absolute atomic E-state index is 11.8. The standard InChI is InChI=1S/C14H17BrN2O4/c1-2-4-11(14(20)21)17-12(18)8-16-13(19)9-5-3-6-10(15)7-9/h3,5-7,11H,2,4,8H2,1H3,(H,16,19)(H,17,18)(H,20,21). The van der Waals surface area contributed by atoms with Gasteiger partial charge in [-0.3, -0.25) is 9.59 Å². The largest absolute Gasteiger partial charge is 0.480 e. The van der Waals surface area contributed by atoms with Crippen molar-refractivity contribution in [3.8, 4) is 0 Å². The van der Waals surface area contributed by atoms with Crippen LogP contribution < -0.4 is 10.6 Å². The van der Waals surface area contributed by atoms with Gasteiger partial charge in [-0.25, -0.2) is 4.79 Å². The Balaban J connectivity index is 2.49. The molecule has 0 aliphatic carbocycles. The fourth-order valence-corrected chi connectivity index (χ4v) is 2.08. The van der Waals surface area contributed by atoms with E-state index in [9.17, 15) is 14.4 Å². The molecule has 1 aromatic carbocycles. The van der Waals surface area contributed by atoms with Gasteiger partial charge in [-0.15, -0.1) is 0 Å². The summed E-state index contributed by atoms with van der Waals surface area (Å²) in [5.41, 5.74) is 0.417. The second kappa shape index (κ2) is 8.41. The van der Waals surface area contributed by atoms with Crippen LogP contribution in [0.1, 0.15) is 30.1 Å². The van der Waals surface area contributed by atoms with E-state index in [-0.39, 0.29) is 6.54 Å². The molecule has 0 aliphatic heterocycles. The van der Waals surface area contributed by atoms with Gasteiger partial charge in [0.25, 0.3) is 5.91 Å². The smallest absolute Gasteiger partial charge is 0.326 e. The summed E-state index contributed by atoms with van der Waals surface area (Å²) in [6, 6.07) is 5.82. The highest BCUT2D eigenvalue weighted by Crippen LogP contribution is 2.11. The van der Waals surface area contributed by atoms with Crippen molar-refractivity contribution in [3.63, 3.8) is 0 Å². The molecule has 0 radical (unpaired) electrons. The maximum Gasteiger partial charge on any atom is 0.326 e. The SMILES string of the molecule is CCCC(NC(=O)CNC(=O)c1cccc(Br)c1)C(=O)O. The fourth-order valence-electron chi connectivity index (χ4n) is 1.68. The Morgan fingerprint density at radius 2 is 2.05 bits per heavy atom. The predicted molar refractivity (Wildman–Crippen MR) is 80.9 cm³/mol. The molecule has 6 nitrogen and oxygen atoms in total. The summed E-state index contributed by atoms with van der Waals surface area (Å²) in [6.07, 6.45) is 0.988. The topological polar surface area (TPSA) is 95.5 Å². The molecule has 3 N–H and O–H groups in total. The highest BCUT2D eigenvalue weighted by Gasteiger charge is 2.19. The van der Waals surface area contributed by atoms with Crippen LogP contribution in [0.5, 0.6) is 0 Å². The van der Waals surface area contributed by atoms with E-state index in [1.807, 2.05) is 6.92 Å². The van der Waals surface area contributed by atoms with Crippen LogP contribution in [0.2, 0.25) is 0 Å². The Labute approximate surface area is 131 Å². The Morgan fingerprint density at radius 3 is 2.62 bits per heavy atom. The molecule has 0 aliphatic rings. The van der Waals surface area contributed by atoms with Crippen LogP contribution in [0.3, 0.4) is 0 Å². The normalized spacial score (nSPS) is 11.5. The van der Waals surface area contributed by atoms with Gasteiger partial charge >= 0.3 is 5.97 Å². The molecule has 21 heavy (non-hydrogen) atoms. The zero-order valence-corrected chi connectivity index (χ0v) is 13.1. The molecule has 0 saturated heterocycles.